The van der Waals surface area contributed by atoms with Crippen LogP contribution in [-0.2, 0) is 19.1 Å². The van der Waals surface area contributed by atoms with Gasteiger partial charge in [0.2, 0.25) is 0 Å². The van der Waals surface area contributed by atoms with Gasteiger partial charge in [-0.05, 0) is 51.4 Å². The summed E-state index contributed by atoms with van der Waals surface area (Å²) in [6, 6.07) is 0. The molecule has 1 N–H and O–H groups in total. The molecule has 1 atom stereocenters. The van der Waals surface area contributed by atoms with Crippen molar-refractivity contribution in [3.63, 3.8) is 0 Å². The van der Waals surface area contributed by atoms with E-state index in [1.165, 1.54) is 128 Å². The van der Waals surface area contributed by atoms with E-state index in [-0.39, 0.29) is 25.2 Å². The van der Waals surface area contributed by atoms with Crippen LogP contribution in [0.15, 0.2) is 48.6 Å². The Labute approximate surface area is 309 Å². The molecule has 0 bridgehead atoms. The Balaban J connectivity index is 3.60. The molecule has 1 unspecified atom stereocenters. The Bertz CT molecular complexity index is 842. The number of carbonyl (C=O) groups excluding carboxylic acids is 2. The largest absolute Gasteiger partial charge is 0.462 e. The molecule has 0 rings (SSSR count). The van der Waals surface area contributed by atoms with Crippen LogP contribution in [0.3, 0.4) is 0 Å². The van der Waals surface area contributed by atoms with Gasteiger partial charge in [-0.25, -0.2) is 0 Å². The number of esters is 2. The SMILES string of the molecule is CCCCCC=CCC=CCC=CCC=CCCCC(=O)OCC(CO)OC(=O)CCCCCCCCCCCCCCCCCCCCC. The Hall–Kier alpha value is -2.14. The van der Waals surface area contributed by atoms with Gasteiger partial charge in [0.05, 0.1) is 6.61 Å². The zero-order valence-corrected chi connectivity index (χ0v) is 32.9. The summed E-state index contributed by atoms with van der Waals surface area (Å²) in [6.45, 7) is 4.07. The van der Waals surface area contributed by atoms with Gasteiger partial charge in [0, 0.05) is 12.8 Å². The molecule has 0 aliphatic heterocycles. The van der Waals surface area contributed by atoms with Crippen LogP contribution in [0.25, 0.3) is 0 Å². The van der Waals surface area contributed by atoms with E-state index in [0.717, 1.165) is 44.9 Å². The van der Waals surface area contributed by atoms with E-state index < -0.39 is 6.10 Å². The maximum Gasteiger partial charge on any atom is 0.306 e. The number of aliphatic hydroxyl groups excluding tert-OH is 1. The fraction of sp³-hybridized carbons (Fsp3) is 0.778. The van der Waals surface area contributed by atoms with Crippen molar-refractivity contribution >= 4 is 11.9 Å². The zero-order valence-electron chi connectivity index (χ0n) is 32.9. The van der Waals surface area contributed by atoms with E-state index in [4.69, 9.17) is 9.47 Å². The average molecular weight is 701 g/mol. The number of carbonyl (C=O) groups is 2. The summed E-state index contributed by atoms with van der Waals surface area (Å²) in [6.07, 6.45) is 51.8. The van der Waals surface area contributed by atoms with Crippen LogP contribution in [0, 0.1) is 0 Å². The van der Waals surface area contributed by atoms with Gasteiger partial charge in [-0.1, -0.05) is 191 Å². The molecular formula is C45H80O5. The molecule has 5 heteroatoms. The maximum atomic E-state index is 12.2. The first-order valence-electron chi connectivity index (χ1n) is 21.2. The van der Waals surface area contributed by atoms with Gasteiger partial charge in [0.15, 0.2) is 6.10 Å². The van der Waals surface area contributed by atoms with Crippen LogP contribution in [0.4, 0.5) is 0 Å². The predicted octanol–water partition coefficient (Wildman–Crippen LogP) is 13.4. The normalized spacial score (nSPS) is 12.6. The molecule has 0 aromatic carbocycles. The molecule has 50 heavy (non-hydrogen) atoms. The number of allylic oxidation sites excluding steroid dienone is 8. The minimum Gasteiger partial charge on any atom is -0.462 e. The minimum absolute atomic E-state index is 0.0927. The number of hydrogen-bond acceptors (Lipinski definition) is 5. The molecule has 0 aromatic heterocycles. The third-order valence-corrected chi connectivity index (χ3v) is 9.13. The first-order valence-corrected chi connectivity index (χ1v) is 21.2. The molecule has 0 saturated carbocycles. The van der Waals surface area contributed by atoms with Crippen LogP contribution in [0.2, 0.25) is 0 Å². The van der Waals surface area contributed by atoms with Gasteiger partial charge in [-0.15, -0.1) is 0 Å². The van der Waals surface area contributed by atoms with Crippen LogP contribution in [-0.4, -0.2) is 36.4 Å². The third-order valence-electron chi connectivity index (χ3n) is 9.13. The van der Waals surface area contributed by atoms with Crippen molar-refractivity contribution in [3.05, 3.63) is 48.6 Å². The lowest BCUT2D eigenvalue weighted by Crippen LogP contribution is -2.28. The van der Waals surface area contributed by atoms with E-state index in [2.05, 4.69) is 62.5 Å². The lowest BCUT2D eigenvalue weighted by molar-refractivity contribution is -0.161. The summed E-state index contributed by atoms with van der Waals surface area (Å²) in [5.74, 6) is -0.651. The summed E-state index contributed by atoms with van der Waals surface area (Å²) >= 11 is 0. The molecule has 0 saturated heterocycles. The molecular weight excluding hydrogens is 620 g/mol. The quantitative estimate of drug-likeness (QED) is 0.0394. The Morgan fingerprint density at radius 3 is 1.26 bits per heavy atom. The highest BCUT2D eigenvalue weighted by atomic mass is 16.6. The number of ether oxygens (including phenoxy) is 2. The van der Waals surface area contributed by atoms with Crippen LogP contribution >= 0.6 is 0 Å². The van der Waals surface area contributed by atoms with Crippen molar-refractivity contribution < 1.29 is 24.2 Å². The van der Waals surface area contributed by atoms with Crippen molar-refractivity contribution in [2.24, 2.45) is 0 Å². The topological polar surface area (TPSA) is 72.8 Å². The van der Waals surface area contributed by atoms with Gasteiger partial charge in [-0.3, -0.25) is 9.59 Å². The van der Waals surface area contributed by atoms with Crippen molar-refractivity contribution in [2.75, 3.05) is 13.2 Å². The van der Waals surface area contributed by atoms with E-state index in [9.17, 15) is 14.7 Å². The molecule has 0 fully saturated rings. The fourth-order valence-electron chi connectivity index (χ4n) is 5.90. The summed E-state index contributed by atoms with van der Waals surface area (Å²) in [5.41, 5.74) is 0. The monoisotopic (exact) mass is 701 g/mol. The Morgan fingerprint density at radius 2 is 0.820 bits per heavy atom. The molecule has 0 aliphatic carbocycles. The van der Waals surface area contributed by atoms with Crippen LogP contribution in [0.1, 0.15) is 206 Å². The Kier molecular flexibility index (Phi) is 39.5. The van der Waals surface area contributed by atoms with Gasteiger partial charge in [-0.2, -0.15) is 0 Å². The molecule has 0 aliphatic rings. The van der Waals surface area contributed by atoms with Crippen molar-refractivity contribution in [2.45, 2.75) is 213 Å². The predicted molar refractivity (Wildman–Crippen MR) is 214 cm³/mol. The second-order valence-electron chi connectivity index (χ2n) is 14.1. The van der Waals surface area contributed by atoms with Gasteiger partial charge < -0.3 is 14.6 Å². The van der Waals surface area contributed by atoms with E-state index in [0.29, 0.717) is 19.3 Å². The molecule has 5 nitrogen and oxygen atoms in total. The maximum absolute atomic E-state index is 12.2. The highest BCUT2D eigenvalue weighted by molar-refractivity contribution is 5.70. The minimum atomic E-state index is -0.791. The summed E-state index contributed by atoms with van der Waals surface area (Å²) in [7, 11) is 0. The molecule has 0 aromatic rings. The molecule has 0 radical (unpaired) electrons. The first kappa shape index (κ1) is 47.9. The molecule has 0 heterocycles. The molecule has 0 spiro atoms. The number of aliphatic hydroxyl groups is 1. The number of hydrogen-bond donors (Lipinski definition) is 1. The summed E-state index contributed by atoms with van der Waals surface area (Å²) < 4.78 is 10.6. The fourth-order valence-corrected chi connectivity index (χ4v) is 5.90. The van der Waals surface area contributed by atoms with Crippen molar-refractivity contribution in [3.8, 4) is 0 Å². The first-order chi connectivity index (χ1) is 24.6. The van der Waals surface area contributed by atoms with Gasteiger partial charge in [0.1, 0.15) is 6.61 Å². The molecule has 290 valence electrons. The van der Waals surface area contributed by atoms with E-state index >= 15 is 0 Å². The third kappa shape index (κ3) is 38.7. The average Bonchev–Trinajstić information content (AvgIpc) is 3.12. The lowest BCUT2D eigenvalue weighted by Gasteiger charge is -2.15. The zero-order chi connectivity index (χ0) is 36.4. The summed E-state index contributed by atoms with van der Waals surface area (Å²) in [4.78, 5) is 24.3. The summed E-state index contributed by atoms with van der Waals surface area (Å²) in [5, 5.41) is 9.56. The van der Waals surface area contributed by atoms with Crippen molar-refractivity contribution in [1.82, 2.24) is 0 Å². The second kappa shape index (κ2) is 41.3. The molecule has 0 amide bonds. The lowest BCUT2D eigenvalue weighted by atomic mass is 10.0. The van der Waals surface area contributed by atoms with E-state index in [1.54, 1.807) is 0 Å². The van der Waals surface area contributed by atoms with Crippen LogP contribution in [0.5, 0.6) is 0 Å². The highest BCUT2D eigenvalue weighted by Gasteiger charge is 2.16. The van der Waals surface area contributed by atoms with Crippen molar-refractivity contribution in [1.29, 1.82) is 0 Å². The second-order valence-corrected chi connectivity index (χ2v) is 14.1. The van der Waals surface area contributed by atoms with E-state index in [1.807, 2.05) is 0 Å². The standard InChI is InChI=1S/C45H80O5/c1-3-5-7-9-11-13-15-17-19-21-22-24-26-28-30-32-34-36-38-40-45(48)50-43(41-46)42-49-44(47)39-37-35-33-31-29-27-25-23-20-18-16-14-12-10-8-6-4-2/h12,14,18,20,25,27,31,33,43,46H,3-11,13,15-17,19,21-24,26,28-30,32,34-42H2,1-2H3. The van der Waals surface area contributed by atoms with Gasteiger partial charge in [0.25, 0.3) is 0 Å². The smallest absolute Gasteiger partial charge is 0.306 e. The highest BCUT2D eigenvalue weighted by Crippen LogP contribution is 2.15. The van der Waals surface area contributed by atoms with Crippen LogP contribution < -0.4 is 0 Å². The number of rotatable bonds is 38. The van der Waals surface area contributed by atoms with Gasteiger partial charge >= 0.3 is 11.9 Å². The number of unbranched alkanes of at least 4 members (excludes halogenated alkanes) is 22. The Morgan fingerprint density at radius 1 is 0.460 bits per heavy atom.